The third-order valence-electron chi connectivity index (χ3n) is 13.1. The van der Waals surface area contributed by atoms with E-state index < -0.39 is 0 Å². The van der Waals surface area contributed by atoms with E-state index in [1.54, 1.807) is 0 Å². The van der Waals surface area contributed by atoms with Crippen LogP contribution in [0.1, 0.15) is 189 Å². The molecule has 0 amide bonds. The van der Waals surface area contributed by atoms with Gasteiger partial charge in [0.25, 0.3) is 0 Å². The Morgan fingerprint density at radius 3 is 1.13 bits per heavy atom. The number of benzene rings is 3. The van der Waals surface area contributed by atoms with Crippen LogP contribution in [-0.2, 0) is 0 Å². The van der Waals surface area contributed by atoms with Gasteiger partial charge in [-0.25, -0.2) is 0 Å². The average molecular weight is 737 g/mol. The Kier molecular flexibility index (Phi) is 14.4. The van der Waals surface area contributed by atoms with Crippen LogP contribution in [0.15, 0.2) is 36.4 Å². The zero-order valence-corrected chi connectivity index (χ0v) is 34.2. The van der Waals surface area contributed by atoms with Crippen molar-refractivity contribution in [2.45, 2.75) is 160 Å². The highest BCUT2D eigenvalue weighted by Gasteiger charge is 2.30. The lowest BCUT2D eigenvalue weighted by molar-refractivity contribution is 0.353. The Morgan fingerprint density at radius 1 is 0.491 bits per heavy atom. The fraction of sp³-hybridized carbons (Fsp3) is 0.538. The van der Waals surface area contributed by atoms with Crippen LogP contribution >= 0.6 is 0 Å². The maximum Gasteiger partial charge on any atom is 0.148 e. The molecule has 0 spiro atoms. The monoisotopic (exact) mass is 736 g/mol. The number of hydrogen-bond donors (Lipinski definition) is 0. The van der Waals surface area contributed by atoms with Crippen molar-refractivity contribution in [3.8, 4) is 54.3 Å². The van der Waals surface area contributed by atoms with Crippen LogP contribution in [0.25, 0.3) is 0 Å². The van der Waals surface area contributed by atoms with Crippen LogP contribution in [-0.4, -0.2) is 19.8 Å². The molecule has 3 nitrogen and oxygen atoms in total. The molecule has 290 valence electrons. The minimum atomic E-state index is 0.165. The number of rotatable bonds is 14. The molecular formula is C52H64O3. The summed E-state index contributed by atoms with van der Waals surface area (Å²) < 4.78 is 18.9. The molecule has 3 aliphatic rings. The van der Waals surface area contributed by atoms with Crippen LogP contribution in [0.3, 0.4) is 0 Å². The fourth-order valence-corrected chi connectivity index (χ4v) is 10.3. The number of aryl methyl sites for hydroxylation is 3. The van der Waals surface area contributed by atoms with Gasteiger partial charge in [0.05, 0.1) is 0 Å². The van der Waals surface area contributed by atoms with Crippen molar-refractivity contribution in [3.05, 3.63) is 86.5 Å². The summed E-state index contributed by atoms with van der Waals surface area (Å²) in [6, 6.07) is 14.4. The summed E-state index contributed by atoms with van der Waals surface area (Å²) in [5.41, 5.74) is 12.0. The summed E-state index contributed by atoms with van der Waals surface area (Å²) in [6.07, 6.45) is 36.8. The summed E-state index contributed by atoms with van der Waals surface area (Å²) in [5.74, 6) is 13.0. The molecule has 3 fully saturated rings. The fourth-order valence-electron chi connectivity index (χ4n) is 10.3. The second-order valence-corrected chi connectivity index (χ2v) is 16.9. The molecule has 3 aliphatic carbocycles. The Morgan fingerprint density at radius 2 is 0.800 bits per heavy atom. The summed E-state index contributed by atoms with van der Waals surface area (Å²) in [4.78, 5) is 0. The van der Waals surface area contributed by atoms with E-state index in [-0.39, 0.29) is 19.1 Å². The maximum absolute atomic E-state index is 6.32. The van der Waals surface area contributed by atoms with Gasteiger partial charge in [0.15, 0.2) is 0 Å². The van der Waals surface area contributed by atoms with Gasteiger partial charge >= 0.3 is 0 Å². The molecule has 0 N–H and O–H groups in total. The molecule has 3 heteroatoms. The Balaban J connectivity index is 1.49. The normalized spacial score (nSPS) is 17.6. The smallest absolute Gasteiger partial charge is 0.148 e. The molecule has 6 rings (SSSR count). The average Bonchev–Trinajstić information content (AvgIpc) is 3.21. The third kappa shape index (κ3) is 9.77. The predicted molar refractivity (Wildman–Crippen MR) is 229 cm³/mol. The largest absolute Gasteiger partial charge is 0.481 e. The van der Waals surface area contributed by atoms with Gasteiger partial charge in [-0.15, -0.1) is 19.3 Å². The molecule has 0 heterocycles. The minimum absolute atomic E-state index is 0.165. The summed E-state index contributed by atoms with van der Waals surface area (Å²) in [5, 5.41) is 0. The summed E-state index contributed by atoms with van der Waals surface area (Å²) in [7, 11) is 0. The number of hydrogen-bond acceptors (Lipinski definition) is 3. The van der Waals surface area contributed by atoms with Crippen LogP contribution in [0.5, 0.6) is 17.2 Å². The van der Waals surface area contributed by atoms with Crippen LogP contribution in [0.2, 0.25) is 0 Å². The quantitative estimate of drug-likeness (QED) is 0.154. The molecule has 55 heavy (non-hydrogen) atoms. The van der Waals surface area contributed by atoms with E-state index >= 15 is 0 Å². The second-order valence-electron chi connectivity index (χ2n) is 16.9. The van der Waals surface area contributed by atoms with E-state index in [1.807, 2.05) is 0 Å². The lowest BCUT2D eigenvalue weighted by Crippen LogP contribution is -2.15. The predicted octanol–water partition coefficient (Wildman–Crippen LogP) is 13.1. The molecule has 0 aliphatic heterocycles. The zero-order chi connectivity index (χ0) is 38.7. The van der Waals surface area contributed by atoms with Crippen molar-refractivity contribution in [3.63, 3.8) is 0 Å². The lowest BCUT2D eigenvalue weighted by Gasteiger charge is -2.32. The van der Waals surface area contributed by atoms with Crippen molar-refractivity contribution < 1.29 is 14.2 Å². The molecule has 0 aromatic heterocycles. The van der Waals surface area contributed by atoms with E-state index in [1.165, 1.54) is 146 Å². The molecule has 0 bridgehead atoms. The lowest BCUT2D eigenvalue weighted by atomic mass is 9.74. The van der Waals surface area contributed by atoms with Crippen LogP contribution in [0.4, 0.5) is 0 Å². The van der Waals surface area contributed by atoms with Gasteiger partial charge in [-0.05, 0) is 158 Å². The number of terminal acetylenes is 3. The van der Waals surface area contributed by atoms with Gasteiger partial charge < -0.3 is 14.2 Å². The molecule has 1 atom stereocenters. The van der Waals surface area contributed by atoms with Gasteiger partial charge in [-0.2, -0.15) is 0 Å². The first-order valence-corrected chi connectivity index (χ1v) is 21.4. The van der Waals surface area contributed by atoms with Crippen molar-refractivity contribution in [2.75, 3.05) is 19.8 Å². The van der Waals surface area contributed by atoms with E-state index in [0.717, 1.165) is 23.7 Å². The van der Waals surface area contributed by atoms with Gasteiger partial charge in [0, 0.05) is 5.92 Å². The third-order valence-corrected chi connectivity index (χ3v) is 13.1. The van der Waals surface area contributed by atoms with Gasteiger partial charge in [0.2, 0.25) is 0 Å². The van der Waals surface area contributed by atoms with Crippen LogP contribution < -0.4 is 14.2 Å². The van der Waals surface area contributed by atoms with E-state index in [4.69, 9.17) is 33.5 Å². The number of ether oxygens (including phenoxy) is 3. The summed E-state index contributed by atoms with van der Waals surface area (Å²) in [6.45, 7) is 10.1. The van der Waals surface area contributed by atoms with Gasteiger partial charge in [0.1, 0.15) is 37.1 Å². The highest BCUT2D eigenvalue weighted by Crippen LogP contribution is 2.48. The Bertz CT molecular complexity index is 1790. The van der Waals surface area contributed by atoms with Crippen molar-refractivity contribution in [1.29, 1.82) is 0 Å². The summed E-state index contributed by atoms with van der Waals surface area (Å²) >= 11 is 0. The van der Waals surface area contributed by atoms with Crippen LogP contribution in [0, 0.1) is 57.8 Å². The molecular weight excluding hydrogens is 673 g/mol. The Labute approximate surface area is 333 Å². The molecule has 1 unspecified atom stereocenters. The molecule has 3 aromatic rings. The Hall–Kier alpha value is -4.26. The van der Waals surface area contributed by atoms with E-state index in [0.29, 0.717) is 30.3 Å². The van der Waals surface area contributed by atoms with E-state index in [2.05, 4.69) is 81.9 Å². The first-order chi connectivity index (χ1) is 26.8. The van der Waals surface area contributed by atoms with Gasteiger partial charge in [-0.1, -0.05) is 101 Å². The molecule has 0 radical (unpaired) electrons. The van der Waals surface area contributed by atoms with E-state index in [9.17, 15) is 0 Å². The van der Waals surface area contributed by atoms with Crippen molar-refractivity contribution in [2.24, 2.45) is 0 Å². The SMILES string of the molecule is C#CCOc1cc(C)c(C(C)CC(c2cc(C3CCCCC3)c(OCC#C)cc2C)c2cc(C3CCCCC3)c(OCC#C)cc2C)cc1C1CCCCC1. The topological polar surface area (TPSA) is 27.7 Å². The zero-order valence-electron chi connectivity index (χ0n) is 34.2. The van der Waals surface area contributed by atoms with Gasteiger partial charge in [-0.3, -0.25) is 0 Å². The molecule has 3 aromatic carbocycles. The molecule has 3 saturated carbocycles. The highest BCUT2D eigenvalue weighted by molar-refractivity contribution is 5.54. The van der Waals surface area contributed by atoms with Crippen molar-refractivity contribution in [1.82, 2.24) is 0 Å². The minimum Gasteiger partial charge on any atom is -0.481 e. The maximum atomic E-state index is 6.32. The molecule has 0 saturated heterocycles. The first kappa shape index (κ1) is 40.4. The highest BCUT2D eigenvalue weighted by atomic mass is 16.5. The van der Waals surface area contributed by atoms with Crippen molar-refractivity contribution >= 4 is 0 Å². The second kappa shape index (κ2) is 19.6. The first-order valence-electron chi connectivity index (χ1n) is 21.4. The standard InChI is InChI=1S/C52H64O3/c1-8-26-53-50-30-37(5)43(33-46(50)40-20-14-11-15-21-40)36(4)29-49(44-34-47(41-22-16-12-17-23-41)51(31-38(44)6)54-27-9-2)45-35-48(42-24-18-13-19-25-42)52(32-39(45)7)55-28-10-3/h1-3,30-36,40-42,49H,11-29H2,4-7H3.